The third kappa shape index (κ3) is 5.89. The number of anilines is 1. The molecule has 0 spiro atoms. The largest absolute Gasteiger partial charge is 0.497 e. The van der Waals surface area contributed by atoms with Crippen molar-refractivity contribution in [1.29, 1.82) is 0 Å². The predicted octanol–water partition coefficient (Wildman–Crippen LogP) is 2.02. The minimum absolute atomic E-state index is 0. The smallest absolute Gasteiger partial charge is 0.241 e. The van der Waals surface area contributed by atoms with E-state index in [1.165, 1.54) is 12.1 Å². The molecule has 0 unspecified atom stereocenters. The van der Waals surface area contributed by atoms with Crippen LogP contribution in [0, 0.1) is 0 Å². The fourth-order valence-electron chi connectivity index (χ4n) is 3.71. The summed E-state index contributed by atoms with van der Waals surface area (Å²) >= 11 is 0. The van der Waals surface area contributed by atoms with Gasteiger partial charge in [0.25, 0.3) is 0 Å². The highest BCUT2D eigenvalue weighted by Crippen LogP contribution is 2.20. The van der Waals surface area contributed by atoms with Crippen LogP contribution < -0.4 is 15.0 Å². The summed E-state index contributed by atoms with van der Waals surface area (Å²) in [4.78, 5) is 23.3. The normalized spacial score (nSPS) is 17.8. The van der Waals surface area contributed by atoms with Gasteiger partial charge in [-0.2, -0.15) is 0 Å². The maximum atomic E-state index is 12.4. The zero-order valence-electron chi connectivity index (χ0n) is 16.9. The Morgan fingerprint density at radius 3 is 2.21 bits per heavy atom. The molecule has 1 N–H and O–H groups in total. The van der Waals surface area contributed by atoms with E-state index in [1.807, 2.05) is 17.0 Å². The summed E-state index contributed by atoms with van der Waals surface area (Å²) in [5.41, 5.74) is 1.21. The Kier molecular flexibility index (Phi) is 9.14. The first-order valence-corrected chi connectivity index (χ1v) is 9.83. The molecule has 2 saturated heterocycles. The Morgan fingerprint density at radius 2 is 1.64 bits per heavy atom. The second-order valence-electron chi connectivity index (χ2n) is 7.01. The number of methoxy groups -OCH3 is 1. The van der Waals surface area contributed by atoms with E-state index < -0.39 is 0 Å². The van der Waals surface area contributed by atoms with Gasteiger partial charge in [-0.15, -0.1) is 24.0 Å². The Bertz CT molecular complexity index is 639. The molecule has 0 radical (unpaired) electrons. The van der Waals surface area contributed by atoms with Gasteiger partial charge in [0.05, 0.1) is 13.7 Å². The van der Waals surface area contributed by atoms with E-state index in [1.54, 1.807) is 14.2 Å². The van der Waals surface area contributed by atoms with Gasteiger partial charge in [0.2, 0.25) is 5.91 Å². The maximum absolute atomic E-state index is 12.4. The molecule has 0 bridgehead atoms. The van der Waals surface area contributed by atoms with Crippen molar-refractivity contribution in [2.75, 3.05) is 64.9 Å². The molecule has 1 aromatic carbocycles. The van der Waals surface area contributed by atoms with Crippen molar-refractivity contribution in [3.63, 3.8) is 0 Å². The summed E-state index contributed by atoms with van der Waals surface area (Å²) < 4.78 is 5.23. The fraction of sp³-hybridized carbons (Fsp3) is 0.600. The fourth-order valence-corrected chi connectivity index (χ4v) is 3.71. The van der Waals surface area contributed by atoms with Crippen LogP contribution >= 0.6 is 24.0 Å². The number of benzene rings is 1. The third-order valence-corrected chi connectivity index (χ3v) is 5.34. The number of hydrogen-bond donors (Lipinski definition) is 1. The highest BCUT2D eigenvalue weighted by atomic mass is 127. The lowest BCUT2D eigenvalue weighted by molar-refractivity contribution is -0.130. The quantitative estimate of drug-likeness (QED) is 0.389. The first kappa shape index (κ1) is 22.6. The van der Waals surface area contributed by atoms with Crippen LogP contribution in [0.15, 0.2) is 29.3 Å². The zero-order chi connectivity index (χ0) is 19.1. The number of ether oxygens (including phenoxy) is 1. The third-order valence-electron chi connectivity index (χ3n) is 5.34. The van der Waals surface area contributed by atoms with Gasteiger partial charge in [-0.05, 0) is 43.5 Å². The number of carbonyl (C=O) groups is 1. The molecule has 0 aliphatic carbocycles. The summed E-state index contributed by atoms with van der Waals surface area (Å²) in [5, 5.41) is 3.26. The van der Waals surface area contributed by atoms with Crippen molar-refractivity contribution >= 4 is 41.5 Å². The van der Waals surface area contributed by atoms with Gasteiger partial charge in [0.1, 0.15) is 5.75 Å². The molecule has 0 saturated carbocycles. The minimum atomic E-state index is 0. The molecule has 2 aliphatic heterocycles. The van der Waals surface area contributed by atoms with Crippen molar-refractivity contribution in [2.45, 2.75) is 19.3 Å². The van der Waals surface area contributed by atoms with Crippen molar-refractivity contribution in [2.24, 2.45) is 4.99 Å². The van der Waals surface area contributed by atoms with Crippen LogP contribution in [0.5, 0.6) is 5.75 Å². The highest BCUT2D eigenvalue weighted by molar-refractivity contribution is 14.0. The number of likely N-dealkylation sites (tertiary alicyclic amines) is 1. The van der Waals surface area contributed by atoms with E-state index in [4.69, 9.17) is 4.74 Å². The second-order valence-corrected chi connectivity index (χ2v) is 7.01. The lowest BCUT2D eigenvalue weighted by Gasteiger charge is -2.38. The molecule has 0 aromatic heterocycles. The van der Waals surface area contributed by atoms with Gasteiger partial charge in [-0.25, -0.2) is 0 Å². The van der Waals surface area contributed by atoms with Crippen molar-refractivity contribution in [3.8, 4) is 5.75 Å². The number of halogens is 1. The number of nitrogens with one attached hydrogen (secondary N) is 1. The number of aliphatic imine (C=N–C) groups is 1. The van der Waals surface area contributed by atoms with E-state index in [0.717, 1.165) is 63.8 Å². The minimum Gasteiger partial charge on any atom is -0.497 e. The van der Waals surface area contributed by atoms with Crippen LogP contribution in [0.25, 0.3) is 0 Å². The molecule has 1 amide bonds. The van der Waals surface area contributed by atoms with Crippen LogP contribution in [0.2, 0.25) is 0 Å². The topological polar surface area (TPSA) is 60.4 Å². The van der Waals surface area contributed by atoms with E-state index in [-0.39, 0.29) is 29.9 Å². The molecule has 0 atom stereocenters. The summed E-state index contributed by atoms with van der Waals surface area (Å²) in [7, 11) is 3.46. The Balaban J connectivity index is 0.00000280. The van der Waals surface area contributed by atoms with Crippen LogP contribution in [0.3, 0.4) is 0 Å². The van der Waals surface area contributed by atoms with Crippen LogP contribution in [0.4, 0.5) is 5.69 Å². The standard InChI is InChI=1S/C20H31N5O2.HI/c1-21-20(22-16-19(26)24-10-4-3-5-11-24)25-14-12-23(13-15-25)17-6-8-18(27-2)9-7-17;/h6-9H,3-5,10-16H2,1-2H3,(H,21,22);1H. The molecule has 2 fully saturated rings. The Morgan fingerprint density at radius 1 is 1.00 bits per heavy atom. The number of piperidine rings is 1. The average molecular weight is 501 g/mol. The summed E-state index contributed by atoms with van der Waals surface area (Å²) in [6.07, 6.45) is 3.47. The second kappa shape index (κ2) is 11.3. The SMILES string of the molecule is CN=C(NCC(=O)N1CCCCC1)N1CCN(c2ccc(OC)cc2)CC1.I. The monoisotopic (exact) mass is 501 g/mol. The molecule has 2 aliphatic rings. The van der Waals surface area contributed by atoms with Gasteiger partial charge in [-0.3, -0.25) is 9.79 Å². The van der Waals surface area contributed by atoms with Crippen molar-refractivity contribution in [3.05, 3.63) is 24.3 Å². The number of rotatable bonds is 4. The van der Waals surface area contributed by atoms with Crippen molar-refractivity contribution < 1.29 is 9.53 Å². The summed E-state index contributed by atoms with van der Waals surface area (Å²) in [5.74, 6) is 1.86. The van der Waals surface area contributed by atoms with Crippen LogP contribution in [0.1, 0.15) is 19.3 Å². The number of hydrogen-bond acceptors (Lipinski definition) is 4. The lowest BCUT2D eigenvalue weighted by Crippen LogP contribution is -2.54. The van der Waals surface area contributed by atoms with Crippen LogP contribution in [-0.2, 0) is 4.79 Å². The molecule has 156 valence electrons. The lowest BCUT2D eigenvalue weighted by atomic mass is 10.1. The molecular formula is C20H32IN5O2. The molecule has 8 heteroatoms. The van der Waals surface area contributed by atoms with Gasteiger partial charge in [0, 0.05) is 52.0 Å². The van der Waals surface area contributed by atoms with Crippen molar-refractivity contribution in [1.82, 2.24) is 15.1 Å². The number of nitrogens with zero attached hydrogens (tertiary/aromatic N) is 4. The summed E-state index contributed by atoms with van der Waals surface area (Å²) in [6, 6.07) is 8.18. The first-order chi connectivity index (χ1) is 13.2. The first-order valence-electron chi connectivity index (χ1n) is 9.83. The van der Waals surface area contributed by atoms with Gasteiger partial charge in [-0.1, -0.05) is 0 Å². The summed E-state index contributed by atoms with van der Waals surface area (Å²) in [6.45, 7) is 5.71. The molecule has 2 heterocycles. The molecule has 28 heavy (non-hydrogen) atoms. The zero-order valence-corrected chi connectivity index (χ0v) is 19.2. The van der Waals surface area contributed by atoms with E-state index >= 15 is 0 Å². The number of carbonyl (C=O) groups excluding carboxylic acids is 1. The molecule has 1 aromatic rings. The van der Waals surface area contributed by atoms with Gasteiger partial charge in [0.15, 0.2) is 5.96 Å². The van der Waals surface area contributed by atoms with E-state index in [2.05, 4.69) is 32.2 Å². The highest BCUT2D eigenvalue weighted by Gasteiger charge is 2.21. The number of piperazine rings is 1. The molecule has 7 nitrogen and oxygen atoms in total. The number of guanidine groups is 1. The average Bonchev–Trinajstić information content (AvgIpc) is 2.75. The Labute approximate surface area is 185 Å². The maximum Gasteiger partial charge on any atom is 0.241 e. The van der Waals surface area contributed by atoms with Crippen LogP contribution in [-0.4, -0.2) is 81.6 Å². The predicted molar refractivity (Wildman–Crippen MR) is 124 cm³/mol. The van der Waals surface area contributed by atoms with Gasteiger partial charge < -0.3 is 24.8 Å². The molecular weight excluding hydrogens is 469 g/mol. The Hall–Kier alpha value is -1.71. The van der Waals surface area contributed by atoms with E-state index in [9.17, 15) is 4.79 Å². The molecule has 3 rings (SSSR count). The number of amides is 1. The van der Waals surface area contributed by atoms with E-state index in [0.29, 0.717) is 6.54 Å². The van der Waals surface area contributed by atoms with Gasteiger partial charge >= 0.3 is 0 Å².